The van der Waals surface area contributed by atoms with Crippen molar-refractivity contribution >= 4 is 0 Å². The van der Waals surface area contributed by atoms with Gasteiger partial charge in [-0.2, -0.15) is 0 Å². The molecule has 0 bridgehead atoms. The molecule has 0 saturated carbocycles. The number of rotatable bonds is 4. The van der Waals surface area contributed by atoms with Crippen LogP contribution in [0.5, 0.6) is 11.5 Å². The highest BCUT2D eigenvalue weighted by atomic mass is 16.3. The molecule has 4 N–H and O–H groups in total. The van der Waals surface area contributed by atoms with Crippen molar-refractivity contribution in [2.75, 3.05) is 6.54 Å². The number of hydrogen-bond acceptors (Lipinski definition) is 4. The lowest BCUT2D eigenvalue weighted by molar-refractivity contribution is 0.186. The second-order valence-electron chi connectivity index (χ2n) is 3.69. The molecule has 2 atom stereocenters. The average molecular weight is 211 g/mol. The molecule has 0 aliphatic rings. The molecule has 0 fully saturated rings. The van der Waals surface area contributed by atoms with E-state index in [1.165, 1.54) is 12.1 Å². The Kier molecular flexibility index (Phi) is 3.94. The van der Waals surface area contributed by atoms with Crippen molar-refractivity contribution in [2.24, 2.45) is 0 Å². The lowest BCUT2D eigenvalue weighted by Gasteiger charge is -2.17. The van der Waals surface area contributed by atoms with Gasteiger partial charge in [-0.25, -0.2) is 0 Å². The van der Waals surface area contributed by atoms with Gasteiger partial charge in [0.05, 0.1) is 11.7 Å². The summed E-state index contributed by atoms with van der Waals surface area (Å²) in [5.74, 6) is 0.112. The third-order valence-corrected chi connectivity index (χ3v) is 2.21. The Morgan fingerprint density at radius 1 is 1.20 bits per heavy atom. The first kappa shape index (κ1) is 11.8. The SMILES string of the molecule is CC(O)CNC(C)c1c(O)cccc1O. The molecule has 0 aromatic heterocycles. The molecule has 0 heterocycles. The van der Waals surface area contributed by atoms with Crippen LogP contribution in [0.3, 0.4) is 0 Å². The summed E-state index contributed by atoms with van der Waals surface area (Å²) in [7, 11) is 0. The minimum Gasteiger partial charge on any atom is -0.507 e. The maximum absolute atomic E-state index is 9.56. The lowest BCUT2D eigenvalue weighted by Crippen LogP contribution is -2.27. The summed E-state index contributed by atoms with van der Waals surface area (Å²) in [6.07, 6.45) is -0.458. The van der Waals surface area contributed by atoms with Crippen molar-refractivity contribution < 1.29 is 15.3 Å². The molecule has 0 saturated heterocycles. The second-order valence-corrected chi connectivity index (χ2v) is 3.69. The van der Waals surface area contributed by atoms with Gasteiger partial charge < -0.3 is 20.6 Å². The van der Waals surface area contributed by atoms with Gasteiger partial charge in [0.1, 0.15) is 11.5 Å². The van der Waals surface area contributed by atoms with Gasteiger partial charge in [0.25, 0.3) is 0 Å². The molecule has 0 radical (unpaired) electrons. The van der Waals surface area contributed by atoms with Crippen LogP contribution in [0.1, 0.15) is 25.5 Å². The number of benzene rings is 1. The molecule has 0 aliphatic heterocycles. The van der Waals surface area contributed by atoms with E-state index < -0.39 is 6.10 Å². The van der Waals surface area contributed by atoms with E-state index in [9.17, 15) is 10.2 Å². The first-order chi connectivity index (χ1) is 7.02. The van der Waals surface area contributed by atoms with Crippen LogP contribution >= 0.6 is 0 Å². The molecule has 1 aromatic carbocycles. The summed E-state index contributed by atoms with van der Waals surface area (Å²) in [5.41, 5.74) is 0.457. The molecule has 0 aliphatic carbocycles. The Bertz CT molecular complexity index is 305. The van der Waals surface area contributed by atoms with Gasteiger partial charge in [-0.1, -0.05) is 6.07 Å². The van der Waals surface area contributed by atoms with Crippen LogP contribution in [0.2, 0.25) is 0 Å². The standard InChI is InChI=1S/C11H17NO3/c1-7(13)6-12-8(2)11-9(14)4-3-5-10(11)15/h3-5,7-8,12-15H,6H2,1-2H3. The molecule has 0 spiro atoms. The van der Waals surface area contributed by atoms with Crippen LogP contribution in [0, 0.1) is 0 Å². The van der Waals surface area contributed by atoms with Crippen molar-refractivity contribution in [2.45, 2.75) is 26.0 Å². The molecule has 1 rings (SSSR count). The lowest BCUT2D eigenvalue weighted by atomic mass is 10.1. The van der Waals surface area contributed by atoms with Gasteiger partial charge in [0, 0.05) is 12.6 Å². The van der Waals surface area contributed by atoms with Gasteiger partial charge >= 0.3 is 0 Å². The number of aliphatic hydroxyl groups is 1. The fraction of sp³-hybridized carbons (Fsp3) is 0.455. The van der Waals surface area contributed by atoms with Crippen molar-refractivity contribution in [3.63, 3.8) is 0 Å². The second kappa shape index (κ2) is 5.00. The average Bonchev–Trinajstić information content (AvgIpc) is 2.14. The Balaban J connectivity index is 2.77. The summed E-state index contributed by atoms with van der Waals surface area (Å²) in [6.45, 7) is 3.90. The summed E-state index contributed by atoms with van der Waals surface area (Å²) in [4.78, 5) is 0. The largest absolute Gasteiger partial charge is 0.507 e. The van der Waals surface area contributed by atoms with E-state index >= 15 is 0 Å². The summed E-state index contributed by atoms with van der Waals surface area (Å²) in [6, 6.07) is 4.42. The maximum Gasteiger partial charge on any atom is 0.124 e. The van der Waals surface area contributed by atoms with Crippen molar-refractivity contribution in [1.29, 1.82) is 0 Å². The van der Waals surface area contributed by atoms with Crippen LogP contribution in [0.15, 0.2) is 18.2 Å². The summed E-state index contributed by atoms with van der Waals surface area (Å²) < 4.78 is 0. The van der Waals surface area contributed by atoms with Crippen LogP contribution in [0.4, 0.5) is 0 Å². The highest BCUT2D eigenvalue weighted by molar-refractivity contribution is 5.44. The number of phenolic OH excluding ortho intramolecular Hbond substituents is 2. The topological polar surface area (TPSA) is 72.7 Å². The molecule has 15 heavy (non-hydrogen) atoms. The molecule has 4 heteroatoms. The van der Waals surface area contributed by atoms with E-state index in [0.29, 0.717) is 12.1 Å². The zero-order valence-electron chi connectivity index (χ0n) is 8.94. The maximum atomic E-state index is 9.56. The molecule has 4 nitrogen and oxygen atoms in total. The first-order valence-corrected chi connectivity index (χ1v) is 4.94. The van der Waals surface area contributed by atoms with E-state index in [1.54, 1.807) is 13.0 Å². The Labute approximate surface area is 89.2 Å². The molecule has 84 valence electrons. The van der Waals surface area contributed by atoms with E-state index in [1.807, 2.05) is 6.92 Å². The van der Waals surface area contributed by atoms with Gasteiger partial charge in [0.15, 0.2) is 0 Å². The minimum atomic E-state index is -0.458. The van der Waals surface area contributed by atoms with Crippen molar-refractivity contribution in [3.05, 3.63) is 23.8 Å². The Hall–Kier alpha value is -1.26. The fourth-order valence-corrected chi connectivity index (χ4v) is 1.43. The number of hydrogen-bond donors (Lipinski definition) is 4. The minimum absolute atomic E-state index is 0.0561. The zero-order chi connectivity index (χ0) is 11.4. The van der Waals surface area contributed by atoms with Crippen LogP contribution < -0.4 is 5.32 Å². The highest BCUT2D eigenvalue weighted by Gasteiger charge is 2.14. The third kappa shape index (κ3) is 3.11. The number of phenols is 2. The molecule has 1 aromatic rings. The third-order valence-electron chi connectivity index (χ3n) is 2.21. The van der Waals surface area contributed by atoms with E-state index in [-0.39, 0.29) is 17.5 Å². The number of aliphatic hydroxyl groups excluding tert-OH is 1. The van der Waals surface area contributed by atoms with Crippen LogP contribution in [-0.4, -0.2) is 28.0 Å². The predicted octanol–water partition coefficient (Wildman–Crippen LogP) is 1.13. The Morgan fingerprint density at radius 2 is 1.73 bits per heavy atom. The van der Waals surface area contributed by atoms with Crippen molar-refractivity contribution in [1.82, 2.24) is 5.32 Å². The summed E-state index contributed by atoms with van der Waals surface area (Å²) in [5, 5.41) is 31.2. The highest BCUT2D eigenvalue weighted by Crippen LogP contribution is 2.31. The van der Waals surface area contributed by atoms with E-state index in [2.05, 4.69) is 5.32 Å². The Morgan fingerprint density at radius 3 is 2.20 bits per heavy atom. The quantitative estimate of drug-likeness (QED) is 0.602. The molecular weight excluding hydrogens is 194 g/mol. The zero-order valence-corrected chi connectivity index (χ0v) is 8.94. The normalized spacial score (nSPS) is 14.9. The molecule has 0 amide bonds. The van der Waals surface area contributed by atoms with E-state index in [0.717, 1.165) is 0 Å². The first-order valence-electron chi connectivity index (χ1n) is 4.94. The van der Waals surface area contributed by atoms with Gasteiger partial charge in [-0.15, -0.1) is 0 Å². The van der Waals surface area contributed by atoms with Crippen molar-refractivity contribution in [3.8, 4) is 11.5 Å². The molecule has 2 unspecified atom stereocenters. The van der Waals surface area contributed by atoms with Crippen LogP contribution in [-0.2, 0) is 0 Å². The smallest absolute Gasteiger partial charge is 0.124 e. The van der Waals surface area contributed by atoms with E-state index in [4.69, 9.17) is 5.11 Å². The molecular formula is C11H17NO3. The van der Waals surface area contributed by atoms with Gasteiger partial charge in [0.2, 0.25) is 0 Å². The van der Waals surface area contributed by atoms with Gasteiger partial charge in [-0.05, 0) is 26.0 Å². The number of nitrogens with one attached hydrogen (secondary N) is 1. The van der Waals surface area contributed by atoms with Crippen LogP contribution in [0.25, 0.3) is 0 Å². The fourth-order valence-electron chi connectivity index (χ4n) is 1.43. The number of aromatic hydroxyl groups is 2. The monoisotopic (exact) mass is 211 g/mol. The summed E-state index contributed by atoms with van der Waals surface area (Å²) >= 11 is 0. The van der Waals surface area contributed by atoms with Gasteiger partial charge in [-0.3, -0.25) is 0 Å². The predicted molar refractivity (Wildman–Crippen MR) is 57.9 cm³/mol.